The maximum Gasteiger partial charge on any atom is 0.228 e. The lowest BCUT2D eigenvalue weighted by Gasteiger charge is -2.20. The molecule has 0 spiro atoms. The lowest BCUT2D eigenvalue weighted by molar-refractivity contribution is -0.117. The molecule has 1 amide bonds. The van der Waals surface area contributed by atoms with Crippen molar-refractivity contribution in [3.63, 3.8) is 0 Å². The van der Waals surface area contributed by atoms with Crippen LogP contribution in [0.25, 0.3) is 0 Å². The van der Waals surface area contributed by atoms with Crippen LogP contribution in [0.15, 0.2) is 30.6 Å². The molecule has 1 aliphatic carbocycles. The number of aromatic nitrogens is 2. The van der Waals surface area contributed by atoms with E-state index < -0.39 is 0 Å². The first-order valence-electron chi connectivity index (χ1n) is 7.88. The van der Waals surface area contributed by atoms with E-state index in [1.807, 2.05) is 31.6 Å². The molecule has 0 aliphatic heterocycles. The second kappa shape index (κ2) is 5.41. The average Bonchev–Trinajstić information content (AvgIpc) is 3.15. The van der Waals surface area contributed by atoms with Crippen molar-refractivity contribution in [1.29, 1.82) is 0 Å². The van der Waals surface area contributed by atoms with Gasteiger partial charge < -0.3 is 10.4 Å². The van der Waals surface area contributed by atoms with Crippen molar-refractivity contribution >= 4 is 11.6 Å². The molecule has 1 aromatic carbocycles. The van der Waals surface area contributed by atoms with Crippen LogP contribution in [-0.2, 0) is 17.3 Å². The van der Waals surface area contributed by atoms with Crippen LogP contribution >= 0.6 is 0 Å². The molecule has 1 fully saturated rings. The summed E-state index contributed by atoms with van der Waals surface area (Å²) in [5.41, 5.74) is 2.62. The van der Waals surface area contributed by atoms with Gasteiger partial charge in [-0.15, -0.1) is 0 Å². The van der Waals surface area contributed by atoms with Gasteiger partial charge in [-0.2, -0.15) is 5.10 Å². The summed E-state index contributed by atoms with van der Waals surface area (Å²) in [6.45, 7) is 6.30. The van der Waals surface area contributed by atoms with Gasteiger partial charge in [0, 0.05) is 19.2 Å². The summed E-state index contributed by atoms with van der Waals surface area (Å²) in [6.07, 6.45) is 4.60. The molecule has 5 nitrogen and oxygen atoms in total. The maximum absolute atomic E-state index is 12.4. The molecule has 1 aliphatic rings. The smallest absolute Gasteiger partial charge is 0.228 e. The molecule has 2 aromatic rings. The number of carbonyl (C=O) groups excluding carboxylic acids is 1. The molecular weight excluding hydrogens is 290 g/mol. The van der Waals surface area contributed by atoms with Crippen molar-refractivity contribution in [3.8, 4) is 5.75 Å². The van der Waals surface area contributed by atoms with Crippen LogP contribution in [0.2, 0.25) is 0 Å². The zero-order valence-corrected chi connectivity index (χ0v) is 14.0. The minimum atomic E-state index is -0.0445. The Kier molecular flexibility index (Phi) is 3.66. The number of hydrogen-bond acceptors (Lipinski definition) is 3. The Morgan fingerprint density at radius 1 is 1.39 bits per heavy atom. The average molecular weight is 313 g/mol. The van der Waals surface area contributed by atoms with Gasteiger partial charge in [0.25, 0.3) is 0 Å². The topological polar surface area (TPSA) is 67.2 Å². The van der Waals surface area contributed by atoms with Gasteiger partial charge >= 0.3 is 0 Å². The van der Waals surface area contributed by atoms with Gasteiger partial charge in [0.1, 0.15) is 5.75 Å². The van der Waals surface area contributed by atoms with Crippen LogP contribution in [0.1, 0.15) is 44.2 Å². The van der Waals surface area contributed by atoms with Crippen LogP contribution in [0, 0.1) is 5.92 Å². The lowest BCUT2D eigenvalue weighted by atomic mass is 9.87. The SMILES string of the molecule is Cn1cc([C@@H]2C[C@@H]2C(=O)Nc2cc(C(C)(C)C)ccc2O)cn1. The van der Waals surface area contributed by atoms with E-state index in [4.69, 9.17) is 0 Å². The number of anilines is 1. The van der Waals surface area contributed by atoms with E-state index >= 15 is 0 Å². The summed E-state index contributed by atoms with van der Waals surface area (Å²) >= 11 is 0. The number of phenolic OH excluding ortho intramolecular Hbond substituents is 1. The fourth-order valence-electron chi connectivity index (χ4n) is 2.81. The first-order chi connectivity index (χ1) is 10.8. The maximum atomic E-state index is 12.4. The molecule has 2 atom stereocenters. The molecule has 0 radical (unpaired) electrons. The highest BCUT2D eigenvalue weighted by atomic mass is 16.3. The Labute approximate surface area is 136 Å². The second-order valence-corrected chi connectivity index (χ2v) is 7.37. The van der Waals surface area contributed by atoms with Gasteiger partial charge in [-0.05, 0) is 41.0 Å². The monoisotopic (exact) mass is 313 g/mol. The van der Waals surface area contributed by atoms with Crippen LogP contribution in [0.5, 0.6) is 5.75 Å². The highest BCUT2D eigenvalue weighted by molar-refractivity contribution is 5.96. The third-order valence-corrected chi connectivity index (χ3v) is 4.40. The van der Waals surface area contributed by atoms with E-state index in [0.29, 0.717) is 5.69 Å². The Balaban J connectivity index is 1.72. The third kappa shape index (κ3) is 3.23. The van der Waals surface area contributed by atoms with Gasteiger partial charge in [-0.1, -0.05) is 26.8 Å². The summed E-state index contributed by atoms with van der Waals surface area (Å²) in [5.74, 6) is 0.249. The van der Waals surface area contributed by atoms with Gasteiger partial charge in [0.2, 0.25) is 5.91 Å². The Hall–Kier alpha value is -2.30. The molecule has 122 valence electrons. The number of nitrogens with zero attached hydrogens (tertiary/aromatic N) is 2. The largest absolute Gasteiger partial charge is 0.506 e. The van der Waals surface area contributed by atoms with E-state index in [1.165, 1.54) is 0 Å². The highest BCUT2D eigenvalue weighted by Crippen LogP contribution is 2.48. The second-order valence-electron chi connectivity index (χ2n) is 7.37. The number of rotatable bonds is 3. The molecule has 5 heteroatoms. The van der Waals surface area contributed by atoms with E-state index in [1.54, 1.807) is 10.7 Å². The first kappa shape index (κ1) is 15.6. The number of phenols is 1. The summed E-state index contributed by atoms with van der Waals surface area (Å²) in [7, 11) is 1.87. The number of amides is 1. The van der Waals surface area contributed by atoms with Crippen molar-refractivity contribution in [2.45, 2.75) is 38.5 Å². The quantitative estimate of drug-likeness (QED) is 0.855. The summed E-state index contributed by atoms with van der Waals surface area (Å²) in [5, 5.41) is 17.0. The third-order valence-electron chi connectivity index (χ3n) is 4.40. The Morgan fingerprint density at radius 2 is 2.13 bits per heavy atom. The number of nitrogens with one attached hydrogen (secondary N) is 1. The molecule has 1 saturated carbocycles. The minimum Gasteiger partial charge on any atom is -0.506 e. The molecule has 1 heterocycles. The number of aryl methyl sites for hydroxylation is 1. The number of benzene rings is 1. The predicted octanol–water partition coefficient (Wildman–Crippen LogP) is 3.17. The predicted molar refractivity (Wildman–Crippen MR) is 89.5 cm³/mol. The number of hydrogen-bond donors (Lipinski definition) is 2. The molecule has 0 saturated heterocycles. The normalized spacial score (nSPS) is 20.3. The van der Waals surface area contributed by atoms with Crippen molar-refractivity contribution in [2.24, 2.45) is 13.0 Å². The molecular formula is C18H23N3O2. The molecule has 2 N–H and O–H groups in total. The standard InChI is InChI=1S/C18H23N3O2/c1-18(2,3)12-5-6-16(22)15(7-12)20-17(23)14-8-13(14)11-9-19-21(4)10-11/h5-7,9-10,13-14,22H,8H2,1-4H3,(H,20,23)/t13-,14-/m0/s1. The zero-order valence-electron chi connectivity index (χ0n) is 14.0. The lowest BCUT2D eigenvalue weighted by Crippen LogP contribution is -2.16. The fraction of sp³-hybridized carbons (Fsp3) is 0.444. The van der Waals surface area contributed by atoms with Crippen LogP contribution < -0.4 is 5.32 Å². The van der Waals surface area contributed by atoms with Gasteiger partial charge in [0.15, 0.2) is 0 Å². The summed E-state index contributed by atoms with van der Waals surface area (Å²) in [6, 6.07) is 5.39. The van der Waals surface area contributed by atoms with E-state index in [0.717, 1.165) is 17.5 Å². The van der Waals surface area contributed by atoms with E-state index in [9.17, 15) is 9.90 Å². The van der Waals surface area contributed by atoms with Crippen molar-refractivity contribution < 1.29 is 9.90 Å². The van der Waals surface area contributed by atoms with Gasteiger partial charge in [0.05, 0.1) is 11.9 Å². The van der Waals surface area contributed by atoms with E-state index in [2.05, 4.69) is 31.2 Å². The zero-order chi connectivity index (χ0) is 16.8. The molecule has 0 unspecified atom stereocenters. The van der Waals surface area contributed by atoms with Crippen molar-refractivity contribution in [1.82, 2.24) is 9.78 Å². The highest BCUT2D eigenvalue weighted by Gasteiger charge is 2.44. The molecule has 0 bridgehead atoms. The van der Waals surface area contributed by atoms with Crippen LogP contribution in [0.3, 0.4) is 0 Å². The molecule has 3 rings (SSSR count). The summed E-state index contributed by atoms with van der Waals surface area (Å²) < 4.78 is 1.75. The van der Waals surface area contributed by atoms with Gasteiger partial charge in [-0.25, -0.2) is 0 Å². The Morgan fingerprint density at radius 3 is 2.74 bits per heavy atom. The van der Waals surface area contributed by atoms with E-state index in [-0.39, 0.29) is 28.9 Å². The molecule has 23 heavy (non-hydrogen) atoms. The summed E-state index contributed by atoms with van der Waals surface area (Å²) in [4.78, 5) is 12.4. The van der Waals surface area contributed by atoms with Crippen LogP contribution in [0.4, 0.5) is 5.69 Å². The van der Waals surface area contributed by atoms with Crippen molar-refractivity contribution in [3.05, 3.63) is 41.7 Å². The van der Waals surface area contributed by atoms with Crippen LogP contribution in [-0.4, -0.2) is 20.8 Å². The Bertz CT molecular complexity index is 743. The first-order valence-corrected chi connectivity index (χ1v) is 7.88. The number of aromatic hydroxyl groups is 1. The van der Waals surface area contributed by atoms with Gasteiger partial charge in [-0.3, -0.25) is 9.48 Å². The fourth-order valence-corrected chi connectivity index (χ4v) is 2.81. The number of carbonyl (C=O) groups is 1. The molecule has 1 aromatic heterocycles. The van der Waals surface area contributed by atoms with Crippen molar-refractivity contribution in [2.75, 3.05) is 5.32 Å². The minimum absolute atomic E-state index is 0.0367.